The number of hydrogen-bond donors (Lipinski definition) is 1. The van der Waals surface area contributed by atoms with Crippen molar-refractivity contribution in [2.45, 2.75) is 19.4 Å². The Morgan fingerprint density at radius 3 is 2.25 bits per heavy atom. The second kappa shape index (κ2) is 10.5. The van der Waals surface area contributed by atoms with Gasteiger partial charge >= 0.3 is 6.03 Å². The summed E-state index contributed by atoms with van der Waals surface area (Å²) in [7, 11) is 6.51. The molecule has 0 aromatic heterocycles. The molecule has 1 atom stereocenters. The number of hydrogen-bond acceptors (Lipinski definition) is 5. The molecule has 0 radical (unpaired) electrons. The van der Waals surface area contributed by atoms with Crippen LogP contribution in [0.2, 0.25) is 0 Å². The topological polar surface area (TPSA) is 83.5 Å². The Morgan fingerprint density at radius 2 is 1.64 bits per heavy atom. The number of anilines is 1. The Bertz CT molecular complexity index is 1290. The van der Waals surface area contributed by atoms with E-state index in [9.17, 15) is 9.59 Å². The van der Waals surface area contributed by atoms with E-state index in [2.05, 4.69) is 5.32 Å². The Balaban J connectivity index is 1.77. The van der Waals surface area contributed by atoms with Crippen molar-refractivity contribution in [2.24, 2.45) is 5.10 Å². The van der Waals surface area contributed by atoms with Gasteiger partial charge in [0.25, 0.3) is 5.91 Å². The van der Waals surface area contributed by atoms with Crippen LogP contribution in [0.1, 0.15) is 34.0 Å². The average molecular weight is 487 g/mol. The van der Waals surface area contributed by atoms with Gasteiger partial charge in [0.05, 0.1) is 26.0 Å². The van der Waals surface area contributed by atoms with Crippen molar-refractivity contribution in [1.29, 1.82) is 0 Å². The van der Waals surface area contributed by atoms with E-state index in [1.54, 1.807) is 45.3 Å². The van der Waals surface area contributed by atoms with E-state index in [0.29, 0.717) is 29.2 Å². The Hall–Kier alpha value is -4.33. The summed E-state index contributed by atoms with van der Waals surface area (Å²) >= 11 is 0. The van der Waals surface area contributed by atoms with E-state index < -0.39 is 0 Å². The van der Waals surface area contributed by atoms with Crippen LogP contribution in [0.15, 0.2) is 71.8 Å². The molecule has 3 aromatic carbocycles. The first-order chi connectivity index (χ1) is 17.4. The Morgan fingerprint density at radius 1 is 1.00 bits per heavy atom. The van der Waals surface area contributed by atoms with E-state index in [-0.39, 0.29) is 18.0 Å². The van der Waals surface area contributed by atoms with Crippen molar-refractivity contribution >= 4 is 23.3 Å². The SMILES string of the molecule is CNC(=O)N1N=C(c2ccc(C(=O)N(C)c3ccccc3)cc2)c2cc(OC)c(OC)cc2CC1C. The van der Waals surface area contributed by atoms with Gasteiger partial charge in [-0.3, -0.25) is 4.79 Å². The fourth-order valence-corrected chi connectivity index (χ4v) is 4.28. The Kier molecular flexibility index (Phi) is 7.24. The molecule has 4 rings (SSSR count). The van der Waals surface area contributed by atoms with Crippen LogP contribution in [0.3, 0.4) is 0 Å². The number of carbonyl (C=O) groups is 2. The van der Waals surface area contributed by atoms with Crippen LogP contribution in [-0.2, 0) is 6.42 Å². The first kappa shape index (κ1) is 24.8. The summed E-state index contributed by atoms with van der Waals surface area (Å²) in [6, 6.07) is 20.1. The van der Waals surface area contributed by atoms with Gasteiger partial charge in [-0.1, -0.05) is 30.3 Å². The normalized spacial score (nSPS) is 14.8. The van der Waals surface area contributed by atoms with Gasteiger partial charge in [0, 0.05) is 36.5 Å². The fraction of sp³-hybridized carbons (Fsp3) is 0.250. The van der Waals surface area contributed by atoms with Crippen molar-refractivity contribution in [3.8, 4) is 11.5 Å². The van der Waals surface area contributed by atoms with Gasteiger partial charge in [0.15, 0.2) is 11.5 Å². The number of methoxy groups -OCH3 is 2. The predicted octanol–water partition coefficient (Wildman–Crippen LogP) is 4.32. The van der Waals surface area contributed by atoms with E-state index in [1.165, 1.54) is 5.01 Å². The molecule has 1 N–H and O–H groups in total. The molecule has 1 aliphatic heterocycles. The molecule has 8 heteroatoms. The van der Waals surface area contributed by atoms with Crippen molar-refractivity contribution in [1.82, 2.24) is 10.3 Å². The lowest BCUT2D eigenvalue weighted by molar-refractivity contribution is 0.0993. The molecular weight excluding hydrogens is 456 g/mol. The lowest BCUT2D eigenvalue weighted by Gasteiger charge is -2.22. The molecule has 0 aliphatic carbocycles. The van der Waals surface area contributed by atoms with Crippen LogP contribution in [0.5, 0.6) is 11.5 Å². The number of ether oxygens (including phenoxy) is 2. The summed E-state index contributed by atoms with van der Waals surface area (Å²) in [5.41, 5.74) is 4.55. The number of nitrogens with zero attached hydrogens (tertiary/aromatic N) is 3. The molecule has 8 nitrogen and oxygen atoms in total. The summed E-state index contributed by atoms with van der Waals surface area (Å²) in [5.74, 6) is 1.06. The summed E-state index contributed by atoms with van der Waals surface area (Å²) in [4.78, 5) is 27.3. The molecule has 0 bridgehead atoms. The van der Waals surface area contributed by atoms with Crippen molar-refractivity contribution < 1.29 is 19.1 Å². The zero-order chi connectivity index (χ0) is 25.8. The molecule has 0 saturated carbocycles. The van der Waals surface area contributed by atoms with E-state index in [0.717, 1.165) is 22.4 Å². The molecule has 1 unspecified atom stereocenters. The minimum Gasteiger partial charge on any atom is -0.493 e. The number of nitrogens with one attached hydrogen (secondary N) is 1. The molecule has 36 heavy (non-hydrogen) atoms. The van der Waals surface area contributed by atoms with Gasteiger partial charge < -0.3 is 19.7 Å². The quantitative estimate of drug-likeness (QED) is 0.582. The molecule has 1 aliphatic rings. The number of fused-ring (bicyclic) bond motifs is 1. The molecule has 0 saturated heterocycles. The predicted molar refractivity (Wildman–Crippen MR) is 140 cm³/mol. The van der Waals surface area contributed by atoms with Crippen LogP contribution in [0, 0.1) is 0 Å². The van der Waals surface area contributed by atoms with Gasteiger partial charge in [-0.2, -0.15) is 5.10 Å². The second-order valence-electron chi connectivity index (χ2n) is 8.54. The van der Waals surface area contributed by atoms with Gasteiger partial charge in [-0.15, -0.1) is 0 Å². The molecule has 186 valence electrons. The third-order valence-corrected chi connectivity index (χ3v) is 6.28. The zero-order valence-corrected chi connectivity index (χ0v) is 21.1. The summed E-state index contributed by atoms with van der Waals surface area (Å²) < 4.78 is 11.1. The highest BCUT2D eigenvalue weighted by molar-refractivity contribution is 6.15. The smallest absolute Gasteiger partial charge is 0.337 e. The van der Waals surface area contributed by atoms with E-state index >= 15 is 0 Å². The minimum absolute atomic E-state index is 0.122. The molecule has 1 heterocycles. The van der Waals surface area contributed by atoms with Crippen LogP contribution in [0.25, 0.3) is 0 Å². The number of carbonyl (C=O) groups excluding carboxylic acids is 2. The van der Waals surface area contributed by atoms with E-state index in [4.69, 9.17) is 14.6 Å². The van der Waals surface area contributed by atoms with E-state index in [1.807, 2.05) is 61.5 Å². The number of hydrazone groups is 1. The summed E-state index contributed by atoms with van der Waals surface area (Å²) in [6.07, 6.45) is 0.578. The third-order valence-electron chi connectivity index (χ3n) is 6.28. The van der Waals surface area contributed by atoms with Gasteiger partial charge in [0.1, 0.15) is 0 Å². The van der Waals surface area contributed by atoms with Crippen LogP contribution in [0.4, 0.5) is 10.5 Å². The molecule has 0 spiro atoms. The molecular formula is C28H30N4O4. The zero-order valence-electron chi connectivity index (χ0n) is 21.1. The monoisotopic (exact) mass is 486 g/mol. The summed E-state index contributed by atoms with van der Waals surface area (Å²) in [6.45, 7) is 1.95. The lowest BCUT2D eigenvalue weighted by Crippen LogP contribution is -2.41. The second-order valence-corrected chi connectivity index (χ2v) is 8.54. The Labute approximate surface area is 211 Å². The highest BCUT2D eigenvalue weighted by Crippen LogP contribution is 2.34. The lowest BCUT2D eigenvalue weighted by atomic mass is 9.93. The highest BCUT2D eigenvalue weighted by atomic mass is 16.5. The standard InChI is InChI=1S/C28H30N4O4/c1-18-15-21-16-24(35-4)25(36-5)17-23(21)26(30-32(18)28(34)29-2)19-11-13-20(14-12-19)27(33)31(3)22-9-7-6-8-10-22/h6-14,16-18H,15H2,1-5H3,(H,29,34). The number of amides is 3. The van der Waals surface area contributed by atoms with Gasteiger partial charge in [-0.05, 0) is 55.3 Å². The van der Waals surface area contributed by atoms with Gasteiger partial charge in [-0.25, -0.2) is 9.80 Å². The van der Waals surface area contributed by atoms with Crippen LogP contribution in [-0.4, -0.2) is 57.0 Å². The maximum atomic E-state index is 13.1. The maximum absolute atomic E-state index is 13.1. The largest absolute Gasteiger partial charge is 0.493 e. The van der Waals surface area contributed by atoms with Crippen LogP contribution >= 0.6 is 0 Å². The summed E-state index contributed by atoms with van der Waals surface area (Å²) in [5, 5.41) is 8.90. The average Bonchev–Trinajstić information content (AvgIpc) is 3.06. The maximum Gasteiger partial charge on any atom is 0.337 e. The molecule has 3 aromatic rings. The number of rotatable bonds is 5. The van der Waals surface area contributed by atoms with Gasteiger partial charge in [0.2, 0.25) is 0 Å². The number of para-hydroxylation sites is 1. The van der Waals surface area contributed by atoms with Crippen molar-refractivity contribution in [3.63, 3.8) is 0 Å². The first-order valence-electron chi connectivity index (χ1n) is 11.7. The molecule has 0 fully saturated rings. The number of benzene rings is 3. The third kappa shape index (κ3) is 4.75. The highest BCUT2D eigenvalue weighted by Gasteiger charge is 2.28. The molecule has 3 amide bonds. The minimum atomic E-state index is -0.303. The fourth-order valence-electron chi connectivity index (χ4n) is 4.28. The van der Waals surface area contributed by atoms with Crippen molar-refractivity contribution in [2.75, 3.05) is 33.2 Å². The first-order valence-corrected chi connectivity index (χ1v) is 11.7. The number of urea groups is 1. The van der Waals surface area contributed by atoms with Crippen LogP contribution < -0.4 is 19.7 Å². The van der Waals surface area contributed by atoms with Crippen molar-refractivity contribution in [3.05, 3.63) is 89.0 Å².